The molecule has 0 atom stereocenters. The van der Waals surface area contributed by atoms with Gasteiger partial charge in [-0.1, -0.05) is 0 Å². The number of H-pyrrole nitrogens is 1. The Labute approximate surface area is 163 Å². The number of amides is 1. The average molecular weight is 386 g/mol. The van der Waals surface area contributed by atoms with Gasteiger partial charge < -0.3 is 30.0 Å². The number of pyridine rings is 1. The Kier molecular flexibility index (Phi) is 6.20. The molecule has 0 saturated heterocycles. The number of anilines is 2. The van der Waals surface area contributed by atoms with Gasteiger partial charge in [0, 0.05) is 36.5 Å². The number of aromatic nitrogens is 1. The summed E-state index contributed by atoms with van der Waals surface area (Å²) >= 11 is 0. The Morgan fingerprint density at radius 2 is 2.07 bits per heavy atom. The van der Waals surface area contributed by atoms with Gasteiger partial charge >= 0.3 is 0 Å². The maximum absolute atomic E-state index is 12.8. The molecule has 3 rings (SSSR count). The molecule has 0 fully saturated rings. The SMILES string of the molecule is COc1ccc(NC(=O)c2cc(=O)[nH]c3c2CCCN3)cc1OCCN(C)C. The number of carbonyl (C=O) groups is 1. The molecule has 1 aromatic heterocycles. The van der Waals surface area contributed by atoms with Crippen LogP contribution in [0.15, 0.2) is 29.1 Å². The van der Waals surface area contributed by atoms with Crippen LogP contribution < -0.4 is 25.7 Å². The van der Waals surface area contributed by atoms with E-state index in [0.717, 1.165) is 31.5 Å². The molecular formula is C20H26N4O4. The third-order valence-corrected chi connectivity index (χ3v) is 4.52. The second-order valence-corrected chi connectivity index (χ2v) is 6.90. The Hall–Kier alpha value is -3.00. The summed E-state index contributed by atoms with van der Waals surface area (Å²) in [6.45, 7) is 2.03. The zero-order valence-corrected chi connectivity index (χ0v) is 16.4. The van der Waals surface area contributed by atoms with Crippen LogP contribution in [0.25, 0.3) is 0 Å². The van der Waals surface area contributed by atoms with E-state index in [1.165, 1.54) is 6.07 Å². The van der Waals surface area contributed by atoms with Crippen LogP contribution in [0.4, 0.5) is 11.5 Å². The molecule has 2 heterocycles. The molecule has 2 aromatic rings. The summed E-state index contributed by atoms with van der Waals surface area (Å²) in [7, 11) is 5.50. The molecular weight excluding hydrogens is 360 g/mol. The van der Waals surface area contributed by atoms with Crippen molar-refractivity contribution in [3.05, 3.63) is 45.7 Å². The van der Waals surface area contributed by atoms with Gasteiger partial charge in [0.15, 0.2) is 11.5 Å². The van der Waals surface area contributed by atoms with Crippen molar-refractivity contribution in [3.8, 4) is 11.5 Å². The van der Waals surface area contributed by atoms with E-state index >= 15 is 0 Å². The van der Waals surface area contributed by atoms with E-state index in [1.54, 1.807) is 25.3 Å². The molecule has 3 N–H and O–H groups in total. The van der Waals surface area contributed by atoms with Crippen LogP contribution >= 0.6 is 0 Å². The van der Waals surface area contributed by atoms with E-state index in [-0.39, 0.29) is 11.5 Å². The zero-order chi connectivity index (χ0) is 20.1. The first-order valence-corrected chi connectivity index (χ1v) is 9.25. The average Bonchev–Trinajstić information content (AvgIpc) is 2.67. The quantitative estimate of drug-likeness (QED) is 0.673. The van der Waals surface area contributed by atoms with Crippen molar-refractivity contribution in [2.75, 3.05) is 51.5 Å². The molecule has 0 unspecified atom stereocenters. The molecule has 1 aliphatic heterocycles. The fourth-order valence-electron chi connectivity index (χ4n) is 3.08. The molecule has 8 heteroatoms. The minimum Gasteiger partial charge on any atom is -0.493 e. The number of nitrogens with one attached hydrogen (secondary N) is 3. The number of hydrogen-bond acceptors (Lipinski definition) is 6. The summed E-state index contributed by atoms with van der Waals surface area (Å²) < 4.78 is 11.1. The molecule has 1 aliphatic rings. The third kappa shape index (κ3) is 4.64. The number of methoxy groups -OCH3 is 1. The summed E-state index contributed by atoms with van der Waals surface area (Å²) in [5, 5.41) is 6.00. The Morgan fingerprint density at radius 3 is 2.82 bits per heavy atom. The van der Waals surface area contributed by atoms with Crippen LogP contribution in [-0.4, -0.2) is 56.7 Å². The van der Waals surface area contributed by atoms with E-state index in [2.05, 4.69) is 15.6 Å². The van der Waals surface area contributed by atoms with Crippen molar-refractivity contribution in [2.24, 2.45) is 0 Å². The lowest BCUT2D eigenvalue weighted by molar-refractivity contribution is 0.102. The third-order valence-electron chi connectivity index (χ3n) is 4.52. The highest BCUT2D eigenvalue weighted by atomic mass is 16.5. The number of rotatable bonds is 7. The van der Waals surface area contributed by atoms with Gasteiger partial charge in [-0.25, -0.2) is 0 Å². The van der Waals surface area contributed by atoms with Gasteiger partial charge in [0.2, 0.25) is 5.56 Å². The minimum atomic E-state index is -0.324. The molecule has 28 heavy (non-hydrogen) atoms. The van der Waals surface area contributed by atoms with Crippen molar-refractivity contribution in [1.82, 2.24) is 9.88 Å². The first-order valence-electron chi connectivity index (χ1n) is 9.25. The van der Waals surface area contributed by atoms with Crippen LogP contribution in [0.2, 0.25) is 0 Å². The lowest BCUT2D eigenvalue weighted by Crippen LogP contribution is -2.24. The molecule has 8 nitrogen and oxygen atoms in total. The second kappa shape index (κ2) is 8.79. The van der Waals surface area contributed by atoms with Crippen LogP contribution in [0.3, 0.4) is 0 Å². The van der Waals surface area contributed by atoms with Gasteiger partial charge in [-0.3, -0.25) is 9.59 Å². The fourth-order valence-corrected chi connectivity index (χ4v) is 3.08. The maximum atomic E-state index is 12.8. The smallest absolute Gasteiger partial charge is 0.256 e. The first kappa shape index (κ1) is 19.8. The van der Waals surface area contributed by atoms with E-state index in [9.17, 15) is 9.59 Å². The fraction of sp³-hybridized carbons (Fsp3) is 0.400. The minimum absolute atomic E-state index is 0.305. The Balaban J connectivity index is 1.81. The van der Waals surface area contributed by atoms with Crippen LogP contribution in [0.1, 0.15) is 22.3 Å². The molecule has 150 valence electrons. The van der Waals surface area contributed by atoms with Crippen molar-refractivity contribution in [2.45, 2.75) is 12.8 Å². The summed E-state index contributed by atoms with van der Waals surface area (Å²) in [6, 6.07) is 6.56. The second-order valence-electron chi connectivity index (χ2n) is 6.90. The number of aromatic amines is 1. The van der Waals surface area contributed by atoms with Crippen molar-refractivity contribution in [3.63, 3.8) is 0 Å². The van der Waals surface area contributed by atoms with Crippen molar-refractivity contribution < 1.29 is 14.3 Å². The molecule has 0 saturated carbocycles. The first-order chi connectivity index (χ1) is 13.5. The van der Waals surface area contributed by atoms with Crippen LogP contribution in [0.5, 0.6) is 11.5 Å². The summed E-state index contributed by atoms with van der Waals surface area (Å²) in [5.41, 5.74) is 1.49. The van der Waals surface area contributed by atoms with Crippen LogP contribution in [0, 0.1) is 0 Å². The topological polar surface area (TPSA) is 95.7 Å². The van der Waals surface area contributed by atoms with Gasteiger partial charge in [0.05, 0.1) is 12.7 Å². The lowest BCUT2D eigenvalue weighted by atomic mass is 10.0. The number of likely N-dealkylation sites (N-methyl/N-ethyl adjacent to an activating group) is 1. The number of fused-ring (bicyclic) bond motifs is 1. The van der Waals surface area contributed by atoms with Gasteiger partial charge in [-0.05, 0) is 39.1 Å². The molecule has 0 aliphatic carbocycles. The predicted molar refractivity (Wildman–Crippen MR) is 109 cm³/mol. The summed E-state index contributed by atoms with van der Waals surface area (Å²) in [5.74, 6) is 1.45. The highest BCUT2D eigenvalue weighted by molar-refractivity contribution is 6.06. The van der Waals surface area contributed by atoms with Gasteiger partial charge in [0.25, 0.3) is 5.91 Å². The number of nitrogens with zero attached hydrogens (tertiary/aromatic N) is 1. The van der Waals surface area contributed by atoms with Crippen molar-refractivity contribution in [1.29, 1.82) is 0 Å². The largest absolute Gasteiger partial charge is 0.493 e. The highest BCUT2D eigenvalue weighted by Gasteiger charge is 2.20. The Bertz CT molecular complexity index is 908. The molecule has 1 amide bonds. The predicted octanol–water partition coefficient (Wildman–Crippen LogP) is 1.93. The van der Waals surface area contributed by atoms with Crippen molar-refractivity contribution >= 4 is 17.4 Å². The molecule has 1 aromatic carbocycles. The number of benzene rings is 1. The zero-order valence-electron chi connectivity index (χ0n) is 16.4. The Morgan fingerprint density at radius 1 is 1.25 bits per heavy atom. The number of hydrogen-bond donors (Lipinski definition) is 3. The van der Waals surface area contributed by atoms with Gasteiger partial charge in [-0.15, -0.1) is 0 Å². The van der Waals surface area contributed by atoms with Crippen LogP contribution in [-0.2, 0) is 6.42 Å². The van der Waals surface area contributed by atoms with Gasteiger partial charge in [0.1, 0.15) is 12.4 Å². The van der Waals surface area contributed by atoms with Gasteiger partial charge in [-0.2, -0.15) is 0 Å². The standard InChI is InChI=1S/C20H26N4O4/c1-24(2)9-10-28-17-11-13(6-7-16(17)27-3)22-20(26)15-12-18(25)23-19-14(15)5-4-8-21-19/h6-7,11-12H,4-5,8-10H2,1-3H3,(H,22,26)(H2,21,23,25). The van der Waals surface area contributed by atoms with E-state index < -0.39 is 0 Å². The lowest BCUT2D eigenvalue weighted by Gasteiger charge is -2.20. The monoisotopic (exact) mass is 386 g/mol. The van der Waals surface area contributed by atoms with E-state index in [0.29, 0.717) is 35.2 Å². The highest BCUT2D eigenvalue weighted by Crippen LogP contribution is 2.31. The summed E-state index contributed by atoms with van der Waals surface area (Å²) in [4.78, 5) is 29.5. The number of carbonyl (C=O) groups excluding carboxylic acids is 1. The molecule has 0 bridgehead atoms. The maximum Gasteiger partial charge on any atom is 0.256 e. The van der Waals surface area contributed by atoms with E-state index in [4.69, 9.17) is 9.47 Å². The molecule has 0 radical (unpaired) electrons. The van der Waals surface area contributed by atoms with E-state index in [1.807, 2.05) is 19.0 Å². The number of ether oxygens (including phenoxy) is 2. The normalized spacial score (nSPS) is 12.9. The summed E-state index contributed by atoms with van der Waals surface area (Å²) in [6.07, 6.45) is 1.65. The molecule has 0 spiro atoms.